The maximum atomic E-state index is 6.38. The maximum absolute atomic E-state index is 6.38. The van der Waals surface area contributed by atoms with Gasteiger partial charge in [-0.25, -0.2) is 0 Å². The summed E-state index contributed by atoms with van der Waals surface area (Å²) in [6.07, 6.45) is 1.45. The van der Waals surface area contributed by atoms with Gasteiger partial charge in [-0.2, -0.15) is 0 Å². The smallest absolute Gasteiger partial charge is 0.0396 e. The van der Waals surface area contributed by atoms with Gasteiger partial charge in [0, 0.05) is 11.1 Å². The molecule has 1 rings (SSSR count). The van der Waals surface area contributed by atoms with Crippen molar-refractivity contribution in [2.24, 2.45) is 22.9 Å². The summed E-state index contributed by atoms with van der Waals surface area (Å²) in [5.74, 6) is 0. The molecule has 1 aromatic carbocycles. The molecular weight excluding hydrogens is 224 g/mol. The van der Waals surface area contributed by atoms with Gasteiger partial charge in [-0.05, 0) is 50.9 Å². The lowest BCUT2D eigenvalue weighted by molar-refractivity contribution is 0.413. The van der Waals surface area contributed by atoms with Gasteiger partial charge in [-0.1, -0.05) is 24.3 Å². The maximum Gasteiger partial charge on any atom is 0.0396 e. The summed E-state index contributed by atoms with van der Waals surface area (Å²) in [6, 6.07) is 8.04. The van der Waals surface area contributed by atoms with Gasteiger partial charge in [-0.3, -0.25) is 0 Å². The molecule has 8 N–H and O–H groups in total. The van der Waals surface area contributed by atoms with Crippen molar-refractivity contribution in [1.82, 2.24) is 0 Å². The van der Waals surface area contributed by atoms with E-state index in [1.54, 1.807) is 0 Å². The molecule has 0 saturated carbocycles. The summed E-state index contributed by atoms with van der Waals surface area (Å²) in [7, 11) is 0. The van der Waals surface area contributed by atoms with Gasteiger partial charge in [0.25, 0.3) is 0 Å². The molecule has 0 spiro atoms. The summed E-state index contributed by atoms with van der Waals surface area (Å²) >= 11 is 0. The van der Waals surface area contributed by atoms with Gasteiger partial charge in [0.05, 0.1) is 0 Å². The van der Waals surface area contributed by atoms with E-state index in [9.17, 15) is 0 Å². The Morgan fingerprint density at radius 3 is 1.44 bits per heavy atom. The molecule has 1 aromatic rings. The Labute approximate surface area is 110 Å². The standard InChI is InChI=1S/C14H26N4/c1-13(17,7-9-15)11-5-3-4-6-12(11)14(2,18)8-10-16/h3-6H,7-10,15-18H2,1-2H3. The first-order valence-corrected chi connectivity index (χ1v) is 6.43. The molecule has 0 heterocycles. The molecule has 0 bridgehead atoms. The van der Waals surface area contributed by atoms with Crippen LogP contribution in [0.15, 0.2) is 24.3 Å². The van der Waals surface area contributed by atoms with Crippen LogP contribution in [0.3, 0.4) is 0 Å². The van der Waals surface area contributed by atoms with Gasteiger partial charge in [0.1, 0.15) is 0 Å². The molecule has 0 radical (unpaired) electrons. The van der Waals surface area contributed by atoms with Gasteiger partial charge >= 0.3 is 0 Å². The lowest BCUT2D eigenvalue weighted by Crippen LogP contribution is -2.42. The quantitative estimate of drug-likeness (QED) is 0.597. The van der Waals surface area contributed by atoms with Crippen LogP contribution in [0, 0.1) is 0 Å². The molecule has 0 aromatic heterocycles. The van der Waals surface area contributed by atoms with Crippen LogP contribution in [-0.2, 0) is 11.1 Å². The Balaban J connectivity index is 3.22. The first-order valence-electron chi connectivity index (χ1n) is 6.43. The molecule has 2 unspecified atom stereocenters. The fraction of sp³-hybridized carbons (Fsp3) is 0.571. The Morgan fingerprint density at radius 1 is 0.833 bits per heavy atom. The van der Waals surface area contributed by atoms with Crippen LogP contribution in [0.4, 0.5) is 0 Å². The highest BCUT2D eigenvalue weighted by atomic mass is 14.8. The van der Waals surface area contributed by atoms with Gasteiger partial charge in [-0.15, -0.1) is 0 Å². The normalized spacial score (nSPS) is 18.1. The minimum atomic E-state index is -0.458. The zero-order chi connectivity index (χ0) is 13.8. The summed E-state index contributed by atoms with van der Waals surface area (Å²) < 4.78 is 0. The summed E-state index contributed by atoms with van der Waals surface area (Å²) in [5, 5.41) is 0. The highest BCUT2D eigenvalue weighted by Gasteiger charge is 2.30. The third-order valence-corrected chi connectivity index (χ3v) is 3.48. The largest absolute Gasteiger partial charge is 0.330 e. The number of rotatable bonds is 6. The van der Waals surface area contributed by atoms with E-state index in [0.29, 0.717) is 13.1 Å². The molecule has 0 aliphatic heterocycles. The Hall–Kier alpha value is -0.940. The molecule has 2 atom stereocenters. The molecular formula is C14H26N4. The summed E-state index contributed by atoms with van der Waals surface area (Å²) in [4.78, 5) is 0. The van der Waals surface area contributed by atoms with Crippen LogP contribution in [-0.4, -0.2) is 13.1 Å². The molecule has 0 fully saturated rings. The topological polar surface area (TPSA) is 104 Å². The number of hydrogen-bond donors (Lipinski definition) is 4. The van der Waals surface area contributed by atoms with E-state index in [1.807, 2.05) is 38.1 Å². The van der Waals surface area contributed by atoms with Crippen molar-refractivity contribution >= 4 is 0 Å². The number of nitrogens with two attached hydrogens (primary N) is 4. The second kappa shape index (κ2) is 5.80. The predicted molar refractivity (Wildman–Crippen MR) is 76.9 cm³/mol. The van der Waals surface area contributed by atoms with Crippen molar-refractivity contribution < 1.29 is 0 Å². The Kier molecular flexibility index (Phi) is 4.87. The molecule has 4 nitrogen and oxygen atoms in total. The van der Waals surface area contributed by atoms with E-state index >= 15 is 0 Å². The summed E-state index contributed by atoms with van der Waals surface area (Å²) in [6.45, 7) is 5.10. The van der Waals surface area contributed by atoms with Crippen molar-refractivity contribution in [3.05, 3.63) is 35.4 Å². The average Bonchev–Trinajstić information content (AvgIpc) is 2.29. The van der Waals surface area contributed by atoms with Crippen molar-refractivity contribution in [2.75, 3.05) is 13.1 Å². The van der Waals surface area contributed by atoms with Gasteiger partial charge in [0.2, 0.25) is 0 Å². The van der Waals surface area contributed by atoms with E-state index in [4.69, 9.17) is 22.9 Å². The van der Waals surface area contributed by atoms with Crippen LogP contribution in [0.2, 0.25) is 0 Å². The first kappa shape index (κ1) is 15.1. The first-order chi connectivity index (χ1) is 8.35. The minimum absolute atomic E-state index is 0.458. The van der Waals surface area contributed by atoms with Gasteiger partial charge < -0.3 is 22.9 Å². The van der Waals surface area contributed by atoms with E-state index < -0.39 is 11.1 Å². The molecule has 18 heavy (non-hydrogen) atoms. The van der Waals surface area contributed by atoms with Crippen LogP contribution < -0.4 is 22.9 Å². The Bertz CT molecular complexity index is 348. The molecule has 0 saturated heterocycles. The van der Waals surface area contributed by atoms with E-state index in [1.165, 1.54) is 0 Å². The zero-order valence-corrected chi connectivity index (χ0v) is 11.4. The predicted octanol–water partition coefficient (Wildman–Crippen LogP) is 0.732. The molecule has 0 aliphatic carbocycles. The molecule has 4 heteroatoms. The number of benzene rings is 1. The van der Waals surface area contributed by atoms with E-state index in [-0.39, 0.29) is 0 Å². The van der Waals surface area contributed by atoms with E-state index in [0.717, 1.165) is 24.0 Å². The minimum Gasteiger partial charge on any atom is -0.330 e. The van der Waals surface area contributed by atoms with Crippen LogP contribution in [0.25, 0.3) is 0 Å². The van der Waals surface area contributed by atoms with Crippen molar-refractivity contribution in [3.63, 3.8) is 0 Å². The third-order valence-electron chi connectivity index (χ3n) is 3.48. The number of hydrogen-bond acceptors (Lipinski definition) is 4. The lowest BCUT2D eigenvalue weighted by atomic mass is 9.78. The fourth-order valence-electron chi connectivity index (χ4n) is 2.35. The SMILES string of the molecule is CC(N)(CCN)c1ccccc1C(C)(N)CCN. The molecule has 102 valence electrons. The fourth-order valence-corrected chi connectivity index (χ4v) is 2.35. The van der Waals surface area contributed by atoms with E-state index in [2.05, 4.69) is 0 Å². The zero-order valence-electron chi connectivity index (χ0n) is 11.4. The molecule has 0 amide bonds. The second-order valence-electron chi connectivity index (χ2n) is 5.46. The van der Waals surface area contributed by atoms with Crippen molar-refractivity contribution in [2.45, 2.75) is 37.8 Å². The second-order valence-corrected chi connectivity index (χ2v) is 5.46. The highest BCUT2D eigenvalue weighted by Crippen LogP contribution is 2.32. The lowest BCUT2D eigenvalue weighted by Gasteiger charge is -2.34. The monoisotopic (exact) mass is 250 g/mol. The Morgan fingerprint density at radius 2 is 1.17 bits per heavy atom. The molecule has 0 aliphatic rings. The highest BCUT2D eigenvalue weighted by molar-refractivity contribution is 5.37. The van der Waals surface area contributed by atoms with Crippen LogP contribution in [0.5, 0.6) is 0 Å². The van der Waals surface area contributed by atoms with Gasteiger partial charge in [0.15, 0.2) is 0 Å². The average molecular weight is 250 g/mol. The van der Waals surface area contributed by atoms with Crippen LogP contribution >= 0.6 is 0 Å². The van der Waals surface area contributed by atoms with Crippen molar-refractivity contribution in [3.8, 4) is 0 Å². The summed E-state index contributed by atoms with van der Waals surface area (Å²) in [5.41, 5.74) is 25.2. The van der Waals surface area contributed by atoms with Crippen molar-refractivity contribution in [1.29, 1.82) is 0 Å². The third kappa shape index (κ3) is 3.29. The van der Waals surface area contributed by atoms with Crippen LogP contribution in [0.1, 0.15) is 37.8 Å².